The first-order chi connectivity index (χ1) is 19.9. The molecule has 0 aliphatic carbocycles. The summed E-state index contributed by atoms with van der Waals surface area (Å²) in [5.41, 5.74) is 0. The lowest BCUT2D eigenvalue weighted by Gasteiger charge is -2.21. The number of unbranched alkanes of at least 4 members (excludes halogenated alkanes) is 17. The molecule has 0 aliphatic rings. The SMILES string of the molecule is CCCCCCCCCCC(COC(=O)C(CCCCCCCC)CCCCCCCC)OC(=O)CCCN(C)C. The summed E-state index contributed by atoms with van der Waals surface area (Å²) in [4.78, 5) is 27.9. The standard InChI is InChI=1S/C36H71NO4/c1-6-9-12-15-18-19-22-25-29-34(41-35(38)30-26-31-37(4)5)32-40-36(39)33(27-23-20-16-13-10-7-2)28-24-21-17-14-11-8-3/h33-34H,6-32H2,1-5H3. The van der Waals surface area contributed by atoms with Crippen molar-refractivity contribution in [1.29, 1.82) is 0 Å². The molecule has 0 amide bonds. The van der Waals surface area contributed by atoms with E-state index in [9.17, 15) is 9.59 Å². The van der Waals surface area contributed by atoms with E-state index in [-0.39, 0.29) is 30.6 Å². The predicted molar refractivity (Wildman–Crippen MR) is 175 cm³/mol. The molecule has 0 heterocycles. The van der Waals surface area contributed by atoms with Gasteiger partial charge in [0.25, 0.3) is 0 Å². The van der Waals surface area contributed by atoms with Gasteiger partial charge in [0.2, 0.25) is 0 Å². The molecule has 0 N–H and O–H groups in total. The van der Waals surface area contributed by atoms with Crippen molar-refractivity contribution >= 4 is 11.9 Å². The lowest BCUT2D eigenvalue weighted by atomic mass is 9.94. The van der Waals surface area contributed by atoms with Crippen LogP contribution in [0, 0.1) is 5.92 Å². The molecule has 0 aromatic heterocycles. The molecule has 0 aromatic rings. The van der Waals surface area contributed by atoms with Gasteiger partial charge in [0.1, 0.15) is 12.7 Å². The van der Waals surface area contributed by atoms with Crippen LogP contribution in [0.2, 0.25) is 0 Å². The molecule has 0 rings (SSSR count). The Balaban J connectivity index is 4.82. The first kappa shape index (κ1) is 39.9. The lowest BCUT2D eigenvalue weighted by Crippen LogP contribution is -2.28. The van der Waals surface area contributed by atoms with E-state index >= 15 is 0 Å². The molecule has 0 saturated heterocycles. The summed E-state index contributed by atoms with van der Waals surface area (Å²) in [6.07, 6.45) is 28.3. The summed E-state index contributed by atoms with van der Waals surface area (Å²) >= 11 is 0. The van der Waals surface area contributed by atoms with Gasteiger partial charge in [-0.2, -0.15) is 0 Å². The third-order valence-corrected chi connectivity index (χ3v) is 8.22. The molecule has 0 aliphatic heterocycles. The highest BCUT2D eigenvalue weighted by atomic mass is 16.6. The molecule has 0 aromatic carbocycles. The molecule has 0 bridgehead atoms. The zero-order valence-electron chi connectivity index (χ0n) is 28.3. The molecule has 1 atom stereocenters. The topological polar surface area (TPSA) is 55.8 Å². The Bertz CT molecular complexity index is 564. The van der Waals surface area contributed by atoms with E-state index in [4.69, 9.17) is 9.47 Å². The fraction of sp³-hybridized carbons (Fsp3) is 0.944. The molecule has 0 radical (unpaired) electrons. The van der Waals surface area contributed by atoms with E-state index in [1.807, 2.05) is 14.1 Å². The van der Waals surface area contributed by atoms with Crippen LogP contribution in [0.4, 0.5) is 0 Å². The highest BCUT2D eigenvalue weighted by Gasteiger charge is 2.22. The number of esters is 2. The average molecular weight is 582 g/mol. The molecule has 5 nitrogen and oxygen atoms in total. The number of hydrogen-bond donors (Lipinski definition) is 0. The van der Waals surface area contributed by atoms with Gasteiger partial charge in [0.15, 0.2) is 0 Å². The van der Waals surface area contributed by atoms with Gasteiger partial charge in [-0.25, -0.2) is 0 Å². The van der Waals surface area contributed by atoms with E-state index in [1.54, 1.807) is 0 Å². The van der Waals surface area contributed by atoms with Gasteiger partial charge in [0, 0.05) is 6.42 Å². The van der Waals surface area contributed by atoms with Crippen molar-refractivity contribution in [1.82, 2.24) is 4.90 Å². The van der Waals surface area contributed by atoms with Crippen molar-refractivity contribution in [3.63, 3.8) is 0 Å². The first-order valence-corrected chi connectivity index (χ1v) is 17.9. The van der Waals surface area contributed by atoms with Gasteiger partial charge in [-0.3, -0.25) is 9.59 Å². The second-order valence-electron chi connectivity index (χ2n) is 12.7. The molecule has 1 unspecified atom stereocenters. The van der Waals surface area contributed by atoms with Crippen LogP contribution in [0.25, 0.3) is 0 Å². The summed E-state index contributed by atoms with van der Waals surface area (Å²) in [5.74, 6) is -0.258. The molecular formula is C36H71NO4. The van der Waals surface area contributed by atoms with Crippen molar-refractivity contribution in [3.8, 4) is 0 Å². The Morgan fingerprint density at radius 3 is 1.41 bits per heavy atom. The Labute approximate surface area is 256 Å². The van der Waals surface area contributed by atoms with Crippen molar-refractivity contribution in [2.75, 3.05) is 27.2 Å². The van der Waals surface area contributed by atoms with Crippen LogP contribution in [0.15, 0.2) is 0 Å². The maximum Gasteiger partial charge on any atom is 0.309 e. The smallest absolute Gasteiger partial charge is 0.309 e. The highest BCUT2D eigenvalue weighted by Crippen LogP contribution is 2.22. The average Bonchev–Trinajstić information content (AvgIpc) is 2.95. The first-order valence-electron chi connectivity index (χ1n) is 17.9. The number of carbonyl (C=O) groups excluding carboxylic acids is 2. The minimum absolute atomic E-state index is 0.0214. The second kappa shape index (κ2) is 30.4. The van der Waals surface area contributed by atoms with Crippen LogP contribution in [0.1, 0.15) is 181 Å². The number of hydrogen-bond acceptors (Lipinski definition) is 5. The summed E-state index contributed by atoms with van der Waals surface area (Å²) < 4.78 is 11.8. The highest BCUT2D eigenvalue weighted by molar-refractivity contribution is 5.72. The molecular weight excluding hydrogens is 510 g/mol. The fourth-order valence-electron chi connectivity index (χ4n) is 5.48. The lowest BCUT2D eigenvalue weighted by molar-refractivity contribution is -0.162. The molecule has 0 spiro atoms. The minimum Gasteiger partial charge on any atom is -0.462 e. The van der Waals surface area contributed by atoms with Gasteiger partial charge in [-0.05, 0) is 52.7 Å². The van der Waals surface area contributed by atoms with Crippen molar-refractivity contribution in [2.45, 2.75) is 187 Å². The van der Waals surface area contributed by atoms with Gasteiger partial charge in [-0.1, -0.05) is 143 Å². The predicted octanol–water partition coefficient (Wildman–Crippen LogP) is 10.4. The van der Waals surface area contributed by atoms with Crippen LogP contribution in [-0.4, -0.2) is 50.2 Å². The Hall–Kier alpha value is -1.10. The number of carbonyl (C=O) groups is 2. The van der Waals surface area contributed by atoms with E-state index in [1.165, 1.54) is 103 Å². The van der Waals surface area contributed by atoms with Gasteiger partial charge < -0.3 is 14.4 Å². The molecule has 0 saturated carbocycles. The normalized spacial score (nSPS) is 12.3. The monoisotopic (exact) mass is 582 g/mol. The largest absolute Gasteiger partial charge is 0.462 e. The quantitative estimate of drug-likeness (QED) is 0.0602. The van der Waals surface area contributed by atoms with E-state index < -0.39 is 0 Å². The number of ether oxygens (including phenoxy) is 2. The minimum atomic E-state index is -0.324. The summed E-state index contributed by atoms with van der Waals surface area (Å²) in [6.45, 7) is 7.81. The Kier molecular flexibility index (Phi) is 29.5. The number of rotatable bonds is 31. The number of nitrogens with zero attached hydrogens (tertiary/aromatic N) is 1. The van der Waals surface area contributed by atoms with Gasteiger partial charge >= 0.3 is 11.9 Å². The van der Waals surface area contributed by atoms with Crippen molar-refractivity contribution in [2.24, 2.45) is 5.92 Å². The second-order valence-corrected chi connectivity index (χ2v) is 12.7. The maximum atomic E-state index is 13.2. The molecule has 5 heteroatoms. The summed E-state index contributed by atoms with van der Waals surface area (Å²) in [6, 6.07) is 0. The van der Waals surface area contributed by atoms with E-state index in [2.05, 4.69) is 25.7 Å². The van der Waals surface area contributed by atoms with Crippen LogP contribution >= 0.6 is 0 Å². The van der Waals surface area contributed by atoms with Crippen LogP contribution < -0.4 is 0 Å². The van der Waals surface area contributed by atoms with E-state index in [0.717, 1.165) is 57.9 Å². The molecule has 41 heavy (non-hydrogen) atoms. The van der Waals surface area contributed by atoms with Crippen LogP contribution in [-0.2, 0) is 19.1 Å². The summed E-state index contributed by atoms with van der Waals surface area (Å²) in [5, 5.41) is 0. The molecule has 244 valence electrons. The zero-order valence-corrected chi connectivity index (χ0v) is 28.3. The van der Waals surface area contributed by atoms with Gasteiger partial charge in [-0.15, -0.1) is 0 Å². The van der Waals surface area contributed by atoms with Crippen LogP contribution in [0.5, 0.6) is 0 Å². The third kappa shape index (κ3) is 27.5. The molecule has 0 fully saturated rings. The summed E-state index contributed by atoms with van der Waals surface area (Å²) in [7, 11) is 4.03. The zero-order chi connectivity index (χ0) is 30.4. The Morgan fingerprint density at radius 1 is 0.561 bits per heavy atom. The van der Waals surface area contributed by atoms with Crippen molar-refractivity contribution in [3.05, 3.63) is 0 Å². The maximum absolute atomic E-state index is 13.2. The van der Waals surface area contributed by atoms with Crippen LogP contribution in [0.3, 0.4) is 0 Å². The fourth-order valence-corrected chi connectivity index (χ4v) is 5.48. The van der Waals surface area contributed by atoms with Gasteiger partial charge in [0.05, 0.1) is 5.92 Å². The van der Waals surface area contributed by atoms with Crippen molar-refractivity contribution < 1.29 is 19.1 Å². The Morgan fingerprint density at radius 2 is 0.976 bits per heavy atom. The third-order valence-electron chi connectivity index (χ3n) is 8.22. The van der Waals surface area contributed by atoms with E-state index in [0.29, 0.717) is 6.42 Å².